The van der Waals surface area contributed by atoms with Crippen LogP contribution in [0.4, 0.5) is 14.9 Å². The molecule has 0 spiro atoms. The Labute approximate surface area is 275 Å². The number of methoxy groups -OCH3 is 1. The molecular formula is C33H44ClFN4O6S. The van der Waals surface area contributed by atoms with Crippen LogP contribution in [-0.2, 0) is 30.7 Å². The number of anilines is 1. The number of alkyl carbamates (subject to hydrolysis) is 1. The van der Waals surface area contributed by atoms with Crippen LogP contribution in [0.1, 0.15) is 63.0 Å². The van der Waals surface area contributed by atoms with Crippen molar-refractivity contribution < 1.29 is 31.9 Å². The van der Waals surface area contributed by atoms with Crippen LogP contribution in [0.15, 0.2) is 42.5 Å². The molecule has 252 valence electrons. The van der Waals surface area contributed by atoms with Gasteiger partial charge < -0.3 is 25.4 Å². The largest absolute Gasteiger partial charge is 0.453 e. The van der Waals surface area contributed by atoms with E-state index >= 15 is 4.39 Å². The summed E-state index contributed by atoms with van der Waals surface area (Å²) in [7, 11) is -2.17. The standard InChI is InChI=1S/C33H44ClFN4O6S/c1-20-16-23(17-21(2)45-20)30(22-9-11-24(34)12-10-22)31(38-33(41)44-3)32(40)37-29-8-4-7-28(35)27(29)14-13-26-18-36-25-6-5-15-46(42,43)39(26)19-25/h4,7-12,20-21,23,25-26,30-31,36H,5-6,13-19H2,1-3H3,(H,37,40)(H,38,41). The second-order valence-electron chi connectivity index (χ2n) is 12.8. The number of nitrogens with zero attached hydrogens (tertiary/aromatic N) is 1. The Bertz CT molecular complexity index is 1490. The van der Waals surface area contributed by atoms with Gasteiger partial charge in [-0.15, -0.1) is 0 Å². The summed E-state index contributed by atoms with van der Waals surface area (Å²) in [6.45, 7) is 4.87. The second kappa shape index (κ2) is 15.0. The fourth-order valence-corrected chi connectivity index (χ4v) is 9.31. The van der Waals surface area contributed by atoms with E-state index < -0.39 is 39.8 Å². The number of piperazine rings is 1. The molecule has 5 rings (SSSR count). The molecule has 2 aromatic carbocycles. The zero-order valence-corrected chi connectivity index (χ0v) is 28.1. The number of carbonyl (C=O) groups excluding carboxylic acids is 2. The topological polar surface area (TPSA) is 126 Å². The summed E-state index contributed by atoms with van der Waals surface area (Å²) in [5.74, 6) is -1.44. The molecule has 3 aliphatic rings. The van der Waals surface area contributed by atoms with Gasteiger partial charge in [-0.1, -0.05) is 29.8 Å². The average Bonchev–Trinajstić information content (AvgIpc) is 3.12. The molecule has 3 saturated heterocycles. The van der Waals surface area contributed by atoms with Crippen molar-refractivity contribution in [2.45, 2.75) is 88.6 Å². The lowest BCUT2D eigenvalue weighted by atomic mass is 9.74. The Morgan fingerprint density at radius 3 is 2.57 bits per heavy atom. The molecule has 46 heavy (non-hydrogen) atoms. The van der Waals surface area contributed by atoms with E-state index in [1.54, 1.807) is 22.5 Å². The van der Waals surface area contributed by atoms with Gasteiger partial charge in [0.05, 0.1) is 25.1 Å². The van der Waals surface area contributed by atoms with Crippen LogP contribution in [0.5, 0.6) is 0 Å². The number of benzene rings is 2. The molecule has 3 heterocycles. The number of nitrogens with one attached hydrogen (secondary N) is 3. The maximum atomic E-state index is 15.4. The second-order valence-corrected chi connectivity index (χ2v) is 15.2. The molecule has 7 atom stereocenters. The van der Waals surface area contributed by atoms with E-state index in [0.29, 0.717) is 43.8 Å². The maximum Gasteiger partial charge on any atom is 0.407 e. The molecule has 3 aliphatic heterocycles. The van der Waals surface area contributed by atoms with Crippen LogP contribution >= 0.6 is 11.6 Å². The van der Waals surface area contributed by atoms with Crippen molar-refractivity contribution >= 4 is 39.3 Å². The first-order valence-corrected chi connectivity index (χ1v) is 18.0. The fourth-order valence-electron chi connectivity index (χ4n) is 7.37. The van der Waals surface area contributed by atoms with E-state index in [0.717, 1.165) is 12.0 Å². The van der Waals surface area contributed by atoms with Gasteiger partial charge in [-0.2, -0.15) is 4.31 Å². The first-order valence-electron chi connectivity index (χ1n) is 16.0. The van der Waals surface area contributed by atoms with Crippen molar-refractivity contribution in [3.05, 3.63) is 64.4 Å². The van der Waals surface area contributed by atoms with Crippen molar-refractivity contribution in [2.75, 3.05) is 31.3 Å². The van der Waals surface area contributed by atoms with Crippen LogP contribution in [0, 0.1) is 11.7 Å². The number of ether oxygens (including phenoxy) is 2. The number of amides is 2. The van der Waals surface area contributed by atoms with Gasteiger partial charge in [-0.25, -0.2) is 17.6 Å². The SMILES string of the molecule is COC(=O)NC(C(=O)Nc1cccc(F)c1CCC1CNC2CCCS(=O)(=O)N1C2)C(c1ccc(Cl)cc1)C1CC(C)OC(C)C1. The molecule has 3 fully saturated rings. The van der Waals surface area contributed by atoms with E-state index in [2.05, 4.69) is 16.0 Å². The Hall–Kier alpha value is -2.77. The molecule has 0 aliphatic carbocycles. The van der Waals surface area contributed by atoms with Crippen LogP contribution in [0.3, 0.4) is 0 Å². The van der Waals surface area contributed by atoms with Crippen molar-refractivity contribution in [1.29, 1.82) is 0 Å². The number of carbonyl (C=O) groups is 2. The lowest BCUT2D eigenvalue weighted by molar-refractivity contribution is -0.120. The molecule has 2 bridgehead atoms. The van der Waals surface area contributed by atoms with Gasteiger partial charge >= 0.3 is 6.09 Å². The quantitative estimate of drug-likeness (QED) is 0.347. The molecule has 3 N–H and O–H groups in total. The van der Waals surface area contributed by atoms with Crippen molar-refractivity contribution in [3.63, 3.8) is 0 Å². The number of halogens is 2. The molecule has 0 saturated carbocycles. The number of hydrogen-bond acceptors (Lipinski definition) is 7. The van der Waals surface area contributed by atoms with Gasteiger partial charge in [0, 0.05) is 47.4 Å². The lowest BCUT2D eigenvalue weighted by Crippen LogP contribution is -2.57. The molecular weight excluding hydrogens is 635 g/mol. The highest BCUT2D eigenvalue weighted by molar-refractivity contribution is 7.89. The average molecular weight is 679 g/mol. The Morgan fingerprint density at radius 1 is 1.15 bits per heavy atom. The third-order valence-corrected chi connectivity index (χ3v) is 11.7. The normalized spacial score (nSPS) is 28.7. The molecule has 0 aromatic heterocycles. The zero-order chi connectivity index (χ0) is 33.0. The summed E-state index contributed by atoms with van der Waals surface area (Å²) in [6.07, 6.45) is 2.42. The predicted molar refractivity (Wildman–Crippen MR) is 175 cm³/mol. The van der Waals surface area contributed by atoms with Gasteiger partial charge in [0.25, 0.3) is 0 Å². The molecule has 0 radical (unpaired) electrons. The van der Waals surface area contributed by atoms with E-state index in [1.165, 1.54) is 19.2 Å². The minimum Gasteiger partial charge on any atom is -0.453 e. The highest BCUT2D eigenvalue weighted by Gasteiger charge is 2.41. The third-order valence-electron chi connectivity index (χ3n) is 9.46. The van der Waals surface area contributed by atoms with E-state index in [1.807, 2.05) is 26.0 Å². The van der Waals surface area contributed by atoms with Crippen LogP contribution < -0.4 is 16.0 Å². The first-order chi connectivity index (χ1) is 21.9. The van der Waals surface area contributed by atoms with Crippen molar-refractivity contribution in [3.8, 4) is 0 Å². The third kappa shape index (κ3) is 8.20. The summed E-state index contributed by atoms with van der Waals surface area (Å²) in [6, 6.07) is 10.4. The van der Waals surface area contributed by atoms with Gasteiger partial charge in [0.2, 0.25) is 15.9 Å². The molecule has 7 unspecified atom stereocenters. The fraction of sp³-hybridized carbons (Fsp3) is 0.576. The number of rotatable bonds is 9. The van der Waals surface area contributed by atoms with Crippen LogP contribution in [0.25, 0.3) is 0 Å². The molecule has 13 heteroatoms. The molecule has 2 aromatic rings. The minimum atomic E-state index is -3.41. The highest BCUT2D eigenvalue weighted by atomic mass is 35.5. The number of sulfonamides is 1. The van der Waals surface area contributed by atoms with Gasteiger partial charge in [0.1, 0.15) is 11.9 Å². The smallest absolute Gasteiger partial charge is 0.407 e. The van der Waals surface area contributed by atoms with Crippen LogP contribution in [-0.4, -0.2) is 81.0 Å². The molecule has 2 amide bonds. The number of fused-ring (bicyclic) bond motifs is 2. The summed E-state index contributed by atoms with van der Waals surface area (Å²) >= 11 is 6.21. The molecule has 10 nitrogen and oxygen atoms in total. The zero-order valence-electron chi connectivity index (χ0n) is 26.5. The van der Waals surface area contributed by atoms with Crippen molar-refractivity contribution in [2.24, 2.45) is 5.92 Å². The number of hydrogen-bond donors (Lipinski definition) is 3. The van der Waals surface area contributed by atoms with E-state index in [-0.39, 0.29) is 53.6 Å². The first kappa shape index (κ1) is 34.6. The van der Waals surface area contributed by atoms with Gasteiger partial charge in [-0.05, 0) is 88.1 Å². The summed E-state index contributed by atoms with van der Waals surface area (Å²) in [5, 5.41) is 9.65. The lowest BCUT2D eigenvalue weighted by Gasteiger charge is -2.40. The van der Waals surface area contributed by atoms with Gasteiger partial charge in [0.15, 0.2) is 0 Å². The summed E-state index contributed by atoms with van der Waals surface area (Å²) < 4.78 is 53.9. The summed E-state index contributed by atoms with van der Waals surface area (Å²) in [5.41, 5.74) is 1.36. The van der Waals surface area contributed by atoms with Crippen molar-refractivity contribution in [1.82, 2.24) is 14.9 Å². The Kier molecular flexibility index (Phi) is 11.3. The van der Waals surface area contributed by atoms with E-state index in [9.17, 15) is 18.0 Å². The summed E-state index contributed by atoms with van der Waals surface area (Å²) in [4.78, 5) is 26.9. The van der Waals surface area contributed by atoms with Gasteiger partial charge in [-0.3, -0.25) is 4.79 Å². The van der Waals surface area contributed by atoms with E-state index in [4.69, 9.17) is 21.1 Å². The maximum absolute atomic E-state index is 15.4. The van der Waals surface area contributed by atoms with Crippen LogP contribution in [0.2, 0.25) is 5.02 Å². The predicted octanol–water partition coefficient (Wildman–Crippen LogP) is 4.83. The Morgan fingerprint density at radius 2 is 1.87 bits per heavy atom. The minimum absolute atomic E-state index is 0.0435. The monoisotopic (exact) mass is 678 g/mol. The Balaban J connectivity index is 1.42. The highest BCUT2D eigenvalue weighted by Crippen LogP contribution is 2.40.